The van der Waals surface area contributed by atoms with Crippen molar-refractivity contribution in [2.75, 3.05) is 19.7 Å². The smallest absolute Gasteiger partial charge is 0.338 e. The van der Waals surface area contributed by atoms with Gasteiger partial charge in [-0.1, -0.05) is 17.7 Å². The maximum absolute atomic E-state index is 12.1. The maximum atomic E-state index is 12.1. The number of hydrogen-bond donors (Lipinski definition) is 0. The predicted octanol–water partition coefficient (Wildman–Crippen LogP) is 2.13. The van der Waals surface area contributed by atoms with Crippen molar-refractivity contribution in [3.63, 3.8) is 0 Å². The number of ether oxygens (including phenoxy) is 2. The molecule has 0 radical (unpaired) electrons. The summed E-state index contributed by atoms with van der Waals surface area (Å²) in [6.07, 6.45) is -0.0253. The Morgan fingerprint density at radius 2 is 2.00 bits per heavy atom. The van der Waals surface area contributed by atoms with Crippen LogP contribution in [-0.4, -0.2) is 48.7 Å². The predicted molar refractivity (Wildman–Crippen MR) is 78.3 cm³/mol. The van der Waals surface area contributed by atoms with E-state index in [1.165, 1.54) is 6.07 Å². The van der Waals surface area contributed by atoms with Crippen LogP contribution in [0.3, 0.4) is 0 Å². The summed E-state index contributed by atoms with van der Waals surface area (Å²) in [7, 11) is 0. The lowest BCUT2D eigenvalue weighted by Gasteiger charge is -2.35. The zero-order chi connectivity index (χ0) is 15.4. The molecule has 6 heteroatoms. The molecule has 0 N–H and O–H groups in total. The fourth-order valence-corrected chi connectivity index (χ4v) is 2.49. The molecule has 1 heterocycles. The van der Waals surface area contributed by atoms with Gasteiger partial charge in [0.2, 0.25) is 0 Å². The van der Waals surface area contributed by atoms with Crippen LogP contribution in [-0.2, 0) is 14.3 Å². The summed E-state index contributed by atoms with van der Waals surface area (Å²) in [6, 6.07) is 6.43. The van der Waals surface area contributed by atoms with Gasteiger partial charge in [-0.15, -0.1) is 0 Å². The zero-order valence-corrected chi connectivity index (χ0v) is 12.8. The standard InChI is InChI=1S/C15H18ClNO4/c1-10-7-17(8-11(2)21-10)14(18)9-20-15(19)12-4-3-5-13(16)6-12/h3-6,10-11H,7-9H2,1-2H3/t10-,11-/m0/s1. The molecule has 0 bridgehead atoms. The number of carbonyl (C=O) groups excluding carboxylic acids is 2. The van der Waals surface area contributed by atoms with E-state index < -0.39 is 5.97 Å². The van der Waals surface area contributed by atoms with Crippen molar-refractivity contribution in [3.8, 4) is 0 Å². The maximum Gasteiger partial charge on any atom is 0.338 e. The Labute approximate surface area is 128 Å². The van der Waals surface area contributed by atoms with Crippen LogP contribution in [0.15, 0.2) is 24.3 Å². The van der Waals surface area contributed by atoms with Gasteiger partial charge < -0.3 is 14.4 Å². The molecule has 0 aliphatic carbocycles. The van der Waals surface area contributed by atoms with Gasteiger partial charge in [0.05, 0.1) is 17.8 Å². The number of benzene rings is 1. The van der Waals surface area contributed by atoms with Crippen molar-refractivity contribution in [1.82, 2.24) is 4.90 Å². The van der Waals surface area contributed by atoms with E-state index in [0.29, 0.717) is 23.7 Å². The quantitative estimate of drug-likeness (QED) is 0.803. The molecule has 1 fully saturated rings. The minimum Gasteiger partial charge on any atom is -0.452 e. The molecule has 5 nitrogen and oxygen atoms in total. The average Bonchev–Trinajstić information content (AvgIpc) is 2.43. The largest absolute Gasteiger partial charge is 0.452 e. The molecule has 0 saturated carbocycles. The summed E-state index contributed by atoms with van der Waals surface area (Å²) >= 11 is 5.81. The number of nitrogens with zero attached hydrogens (tertiary/aromatic N) is 1. The summed E-state index contributed by atoms with van der Waals surface area (Å²) in [5, 5.41) is 0.451. The number of carbonyl (C=O) groups is 2. The number of amides is 1. The van der Waals surface area contributed by atoms with Crippen molar-refractivity contribution in [2.45, 2.75) is 26.1 Å². The van der Waals surface area contributed by atoms with Gasteiger partial charge in [-0.25, -0.2) is 4.79 Å². The van der Waals surface area contributed by atoms with Crippen molar-refractivity contribution in [2.24, 2.45) is 0 Å². The molecule has 1 aromatic carbocycles. The molecule has 2 rings (SSSR count). The second-order valence-electron chi connectivity index (χ2n) is 5.14. The van der Waals surface area contributed by atoms with Gasteiger partial charge in [-0.05, 0) is 32.0 Å². The topological polar surface area (TPSA) is 55.8 Å². The third-order valence-electron chi connectivity index (χ3n) is 3.16. The Kier molecular flexibility index (Phi) is 5.20. The van der Waals surface area contributed by atoms with Crippen LogP contribution in [0.4, 0.5) is 0 Å². The number of esters is 1. The highest BCUT2D eigenvalue weighted by atomic mass is 35.5. The SMILES string of the molecule is C[C@H]1CN(C(=O)COC(=O)c2cccc(Cl)c2)C[C@H](C)O1. The summed E-state index contributed by atoms with van der Waals surface area (Å²) in [6.45, 7) is 4.57. The third kappa shape index (κ3) is 4.44. The Bertz CT molecular complexity index is 524. The highest BCUT2D eigenvalue weighted by molar-refractivity contribution is 6.30. The van der Waals surface area contributed by atoms with Gasteiger partial charge in [-0.3, -0.25) is 4.79 Å². The summed E-state index contributed by atoms with van der Waals surface area (Å²) < 4.78 is 10.6. The van der Waals surface area contributed by atoms with E-state index in [1.54, 1.807) is 23.1 Å². The number of halogens is 1. The highest BCUT2D eigenvalue weighted by Crippen LogP contribution is 2.13. The summed E-state index contributed by atoms with van der Waals surface area (Å²) in [5.41, 5.74) is 0.332. The third-order valence-corrected chi connectivity index (χ3v) is 3.39. The Balaban J connectivity index is 1.87. The second kappa shape index (κ2) is 6.91. The van der Waals surface area contributed by atoms with Crippen molar-refractivity contribution in [3.05, 3.63) is 34.9 Å². The van der Waals surface area contributed by atoms with E-state index in [-0.39, 0.29) is 24.7 Å². The molecular formula is C15H18ClNO4. The first kappa shape index (κ1) is 15.8. The van der Waals surface area contributed by atoms with Gasteiger partial charge in [-0.2, -0.15) is 0 Å². The fourth-order valence-electron chi connectivity index (χ4n) is 2.30. The van der Waals surface area contributed by atoms with Gasteiger partial charge >= 0.3 is 5.97 Å². The molecule has 21 heavy (non-hydrogen) atoms. The van der Waals surface area contributed by atoms with Crippen molar-refractivity contribution >= 4 is 23.5 Å². The Morgan fingerprint density at radius 3 is 2.62 bits per heavy atom. The normalized spacial score (nSPS) is 22.0. The van der Waals surface area contributed by atoms with Crippen LogP contribution < -0.4 is 0 Å². The lowest BCUT2D eigenvalue weighted by molar-refractivity contribution is -0.146. The van der Waals surface area contributed by atoms with Gasteiger partial charge in [0, 0.05) is 18.1 Å². The summed E-state index contributed by atoms with van der Waals surface area (Å²) in [5.74, 6) is -0.771. The molecular weight excluding hydrogens is 294 g/mol. The van der Waals surface area contributed by atoms with Crippen molar-refractivity contribution < 1.29 is 19.1 Å². The molecule has 1 aliphatic heterocycles. The Morgan fingerprint density at radius 1 is 1.33 bits per heavy atom. The van der Waals surface area contributed by atoms with Crippen LogP contribution in [0.25, 0.3) is 0 Å². The minimum atomic E-state index is -0.555. The van der Waals surface area contributed by atoms with Crippen LogP contribution in [0.2, 0.25) is 5.02 Å². The van der Waals surface area contributed by atoms with Crippen molar-refractivity contribution in [1.29, 1.82) is 0 Å². The van der Waals surface area contributed by atoms with E-state index in [0.717, 1.165) is 0 Å². The first-order valence-corrected chi connectivity index (χ1v) is 7.19. The molecule has 1 saturated heterocycles. The average molecular weight is 312 g/mol. The lowest BCUT2D eigenvalue weighted by atomic mass is 10.2. The molecule has 1 amide bonds. The molecule has 0 unspecified atom stereocenters. The molecule has 1 aliphatic rings. The highest BCUT2D eigenvalue weighted by Gasteiger charge is 2.26. The van der Waals surface area contributed by atoms with E-state index in [2.05, 4.69) is 0 Å². The molecule has 114 valence electrons. The van der Waals surface area contributed by atoms with Crippen LogP contribution in [0.5, 0.6) is 0 Å². The lowest BCUT2D eigenvalue weighted by Crippen LogP contribution is -2.49. The molecule has 2 atom stereocenters. The molecule has 0 spiro atoms. The van der Waals surface area contributed by atoms with Crippen LogP contribution in [0, 0.1) is 0 Å². The van der Waals surface area contributed by atoms with E-state index in [9.17, 15) is 9.59 Å². The van der Waals surface area contributed by atoms with Gasteiger partial charge in [0.15, 0.2) is 6.61 Å². The second-order valence-corrected chi connectivity index (χ2v) is 5.58. The van der Waals surface area contributed by atoms with Crippen LogP contribution >= 0.6 is 11.6 Å². The first-order valence-electron chi connectivity index (χ1n) is 6.81. The zero-order valence-electron chi connectivity index (χ0n) is 12.0. The van der Waals surface area contributed by atoms with E-state index in [1.807, 2.05) is 13.8 Å². The van der Waals surface area contributed by atoms with Gasteiger partial charge in [0.1, 0.15) is 0 Å². The van der Waals surface area contributed by atoms with E-state index >= 15 is 0 Å². The van der Waals surface area contributed by atoms with E-state index in [4.69, 9.17) is 21.1 Å². The number of rotatable bonds is 3. The first-order chi connectivity index (χ1) is 9.95. The monoisotopic (exact) mass is 311 g/mol. The number of hydrogen-bond acceptors (Lipinski definition) is 4. The van der Waals surface area contributed by atoms with Crippen LogP contribution in [0.1, 0.15) is 24.2 Å². The summed E-state index contributed by atoms with van der Waals surface area (Å²) in [4.78, 5) is 25.6. The Hall–Kier alpha value is -1.59. The molecule has 1 aromatic rings. The molecule has 0 aromatic heterocycles. The fraction of sp³-hybridized carbons (Fsp3) is 0.467. The number of morpholine rings is 1. The van der Waals surface area contributed by atoms with Gasteiger partial charge in [0.25, 0.3) is 5.91 Å². The minimum absolute atomic E-state index is 0.0127.